The first-order valence-electron chi connectivity index (χ1n) is 22.6. The lowest BCUT2D eigenvalue weighted by Gasteiger charge is -2.24. The Labute approximate surface area is 366 Å². The molecule has 0 aromatic heterocycles. The Balaban J connectivity index is 4.50. The van der Waals surface area contributed by atoms with E-state index >= 15 is 0 Å². The number of rotatable bonds is 39. The molecule has 0 bridgehead atoms. The van der Waals surface area contributed by atoms with Gasteiger partial charge < -0.3 is 18.9 Å². The van der Waals surface area contributed by atoms with Crippen molar-refractivity contribution in [1.29, 1.82) is 0 Å². The van der Waals surface area contributed by atoms with Crippen LogP contribution >= 0.6 is 7.82 Å². The predicted molar refractivity (Wildman–Crippen MR) is 251 cm³/mol. The lowest BCUT2D eigenvalue weighted by Crippen LogP contribution is -2.37. The minimum atomic E-state index is -4.41. The highest BCUT2D eigenvalue weighted by Gasteiger charge is 2.27. The van der Waals surface area contributed by atoms with Gasteiger partial charge in [0.1, 0.15) is 19.8 Å². The summed E-state index contributed by atoms with van der Waals surface area (Å²) in [5.74, 6) is -0.959. The number of ether oxygens (including phenoxy) is 2. The molecule has 1 N–H and O–H groups in total. The zero-order chi connectivity index (χ0) is 44.3. The first kappa shape index (κ1) is 56.7. The van der Waals surface area contributed by atoms with Gasteiger partial charge >= 0.3 is 19.8 Å². The first-order valence-corrected chi connectivity index (χ1v) is 24.1. The molecule has 0 aromatic carbocycles. The number of nitrogens with zero attached hydrogens (tertiary/aromatic N) is 1. The van der Waals surface area contributed by atoms with E-state index in [0.717, 1.165) is 64.2 Å². The van der Waals surface area contributed by atoms with E-state index < -0.39 is 32.5 Å². The predicted octanol–water partition coefficient (Wildman–Crippen LogP) is 13.1. The molecule has 0 aliphatic heterocycles. The molecular weight excluding hydrogens is 774 g/mol. The molecule has 60 heavy (non-hydrogen) atoms. The van der Waals surface area contributed by atoms with Crippen LogP contribution in [0.1, 0.15) is 142 Å². The molecule has 0 amide bonds. The van der Waals surface area contributed by atoms with Gasteiger partial charge in [-0.25, -0.2) is 4.57 Å². The molecule has 0 aromatic rings. The van der Waals surface area contributed by atoms with Gasteiger partial charge in [0.2, 0.25) is 0 Å². The topological polar surface area (TPSA) is 108 Å². The summed E-state index contributed by atoms with van der Waals surface area (Å²) in [6.07, 6.45) is 56.0. The van der Waals surface area contributed by atoms with Crippen LogP contribution in [0, 0.1) is 0 Å². The second-order valence-corrected chi connectivity index (χ2v) is 17.1. The molecule has 0 aliphatic rings. The number of allylic oxidation sites excluding steroid dienone is 18. The normalized spacial score (nSPS) is 14.6. The molecule has 340 valence electrons. The van der Waals surface area contributed by atoms with Crippen molar-refractivity contribution in [1.82, 2.24) is 0 Å². The standard InChI is InChI=1S/C50H82NO8P/c1-6-8-10-12-14-16-18-20-21-22-23-24-25-26-27-28-29-31-32-34-36-38-40-42-49(52)56-46-48(47-58-60(54,55)57-45-44-51(3,4)5)59-50(53)43-41-39-37-35-33-30-19-17-15-13-11-9-7-2/h8,10,14,16,20-21,23-24,26-27,29-31,33-34,36-37,39,48H,6-7,9,11-13,15,17-19,22,25,28,32,35,38,40-47H2,1-5H3/p+1/b10-8+,16-14+,21-20+,24-23+,27-26+,31-29+,33-30+,36-34+,39-37+. The van der Waals surface area contributed by atoms with Gasteiger partial charge in [-0.3, -0.25) is 18.6 Å². The van der Waals surface area contributed by atoms with Crippen molar-refractivity contribution in [3.8, 4) is 0 Å². The number of carbonyl (C=O) groups excluding carboxylic acids is 2. The third-order valence-electron chi connectivity index (χ3n) is 8.80. The molecule has 9 nitrogen and oxygen atoms in total. The number of quaternary nitrogens is 1. The minimum absolute atomic E-state index is 0.00707. The number of esters is 2. The lowest BCUT2D eigenvalue weighted by molar-refractivity contribution is -0.870. The summed E-state index contributed by atoms with van der Waals surface area (Å²) in [4.78, 5) is 35.3. The van der Waals surface area contributed by atoms with Crippen LogP contribution < -0.4 is 0 Å². The maximum Gasteiger partial charge on any atom is 0.472 e. The van der Waals surface area contributed by atoms with E-state index in [1.165, 1.54) is 38.5 Å². The highest BCUT2D eigenvalue weighted by atomic mass is 31.2. The van der Waals surface area contributed by atoms with E-state index in [2.05, 4.69) is 105 Å². The number of likely N-dealkylation sites (N-methyl/N-ethyl adjacent to an activating group) is 1. The quantitative estimate of drug-likeness (QED) is 0.0214. The van der Waals surface area contributed by atoms with Crippen molar-refractivity contribution in [2.45, 2.75) is 148 Å². The van der Waals surface area contributed by atoms with E-state index in [1.54, 1.807) is 0 Å². The summed E-state index contributed by atoms with van der Waals surface area (Å²) in [7, 11) is 1.39. The second-order valence-electron chi connectivity index (χ2n) is 15.7. The van der Waals surface area contributed by atoms with Gasteiger partial charge in [0, 0.05) is 12.8 Å². The fourth-order valence-corrected chi connectivity index (χ4v) is 6.03. The van der Waals surface area contributed by atoms with Gasteiger partial charge in [0.25, 0.3) is 0 Å². The summed E-state index contributed by atoms with van der Waals surface area (Å²) in [5.41, 5.74) is 0. The fraction of sp³-hybridized carbons (Fsp3) is 0.600. The van der Waals surface area contributed by atoms with Crippen molar-refractivity contribution in [2.24, 2.45) is 0 Å². The Bertz CT molecular complexity index is 1380. The zero-order valence-corrected chi connectivity index (χ0v) is 39.0. The number of carbonyl (C=O) groups is 2. The zero-order valence-electron chi connectivity index (χ0n) is 38.1. The molecule has 0 heterocycles. The van der Waals surface area contributed by atoms with Crippen LogP contribution in [-0.2, 0) is 32.7 Å². The summed E-state index contributed by atoms with van der Waals surface area (Å²) in [6.45, 7) is 4.13. The highest BCUT2D eigenvalue weighted by molar-refractivity contribution is 7.47. The molecule has 0 spiro atoms. The largest absolute Gasteiger partial charge is 0.472 e. The van der Waals surface area contributed by atoms with Crippen LogP contribution in [0.25, 0.3) is 0 Å². The summed E-state index contributed by atoms with van der Waals surface area (Å²) in [5, 5.41) is 0. The minimum Gasteiger partial charge on any atom is -0.462 e. The number of unbranched alkanes of at least 4 members (excludes halogenated alkanes) is 7. The smallest absolute Gasteiger partial charge is 0.462 e. The Morgan fingerprint density at radius 2 is 0.983 bits per heavy atom. The van der Waals surface area contributed by atoms with Crippen LogP contribution in [0.3, 0.4) is 0 Å². The third kappa shape index (κ3) is 44.2. The fourth-order valence-electron chi connectivity index (χ4n) is 5.29. The van der Waals surface area contributed by atoms with Crippen LogP contribution in [0.2, 0.25) is 0 Å². The number of phosphoric ester groups is 1. The van der Waals surface area contributed by atoms with E-state index in [9.17, 15) is 19.0 Å². The van der Waals surface area contributed by atoms with Crippen LogP contribution in [0.15, 0.2) is 109 Å². The number of hydrogen-bond acceptors (Lipinski definition) is 7. The number of hydrogen-bond donors (Lipinski definition) is 1. The van der Waals surface area contributed by atoms with Gasteiger partial charge in [0.05, 0.1) is 27.7 Å². The summed E-state index contributed by atoms with van der Waals surface area (Å²) in [6, 6.07) is 0. The van der Waals surface area contributed by atoms with Gasteiger partial charge in [-0.15, -0.1) is 0 Å². The van der Waals surface area contributed by atoms with Gasteiger partial charge in [0.15, 0.2) is 6.10 Å². The monoisotopic (exact) mass is 857 g/mol. The molecule has 0 fully saturated rings. The third-order valence-corrected chi connectivity index (χ3v) is 9.78. The van der Waals surface area contributed by atoms with Crippen molar-refractivity contribution in [3.63, 3.8) is 0 Å². The molecule has 0 rings (SSSR count). The SMILES string of the molecule is CC/C=C/C/C=C/C/C=C/C/C=C/C/C=C/C/C=C/C/C=C/CCCC(=O)OCC(COP(=O)(O)OCC[N+](C)(C)C)OC(=O)CC/C=C/C/C=C/CCCCCCCC. The lowest BCUT2D eigenvalue weighted by atomic mass is 10.1. The maximum atomic E-state index is 12.6. The van der Waals surface area contributed by atoms with Gasteiger partial charge in [-0.1, -0.05) is 155 Å². The van der Waals surface area contributed by atoms with Gasteiger partial charge in [-0.2, -0.15) is 0 Å². The van der Waals surface area contributed by atoms with Crippen LogP contribution in [0.5, 0.6) is 0 Å². The Kier molecular flexibility index (Phi) is 38.8. The highest BCUT2D eigenvalue weighted by Crippen LogP contribution is 2.43. The average Bonchev–Trinajstić information content (AvgIpc) is 3.20. The summed E-state index contributed by atoms with van der Waals surface area (Å²) < 4.78 is 34.1. The van der Waals surface area contributed by atoms with E-state index in [-0.39, 0.29) is 26.1 Å². The van der Waals surface area contributed by atoms with E-state index in [1.807, 2.05) is 39.4 Å². The molecule has 10 heteroatoms. The van der Waals surface area contributed by atoms with Gasteiger partial charge in [-0.05, 0) is 83.5 Å². The summed E-state index contributed by atoms with van der Waals surface area (Å²) >= 11 is 0. The number of phosphoric acid groups is 1. The Hall–Kier alpha value is -3.33. The molecular formula is C50H83NO8P+. The second kappa shape index (κ2) is 41.0. The molecule has 0 saturated carbocycles. The van der Waals surface area contributed by atoms with Crippen molar-refractivity contribution >= 4 is 19.8 Å². The van der Waals surface area contributed by atoms with E-state index in [0.29, 0.717) is 23.9 Å². The molecule has 0 saturated heterocycles. The van der Waals surface area contributed by atoms with Crippen molar-refractivity contribution < 1.29 is 42.1 Å². The maximum absolute atomic E-state index is 12.6. The van der Waals surface area contributed by atoms with Crippen LogP contribution in [-0.4, -0.2) is 74.9 Å². The van der Waals surface area contributed by atoms with Crippen molar-refractivity contribution in [2.75, 3.05) is 47.5 Å². The van der Waals surface area contributed by atoms with Crippen LogP contribution in [0.4, 0.5) is 0 Å². The first-order chi connectivity index (χ1) is 29.0. The Morgan fingerprint density at radius 3 is 1.48 bits per heavy atom. The molecule has 0 aliphatic carbocycles. The van der Waals surface area contributed by atoms with Crippen molar-refractivity contribution in [3.05, 3.63) is 109 Å². The van der Waals surface area contributed by atoms with E-state index in [4.69, 9.17) is 18.5 Å². The molecule has 0 radical (unpaired) electrons. The average molecular weight is 857 g/mol. The Morgan fingerprint density at radius 1 is 0.533 bits per heavy atom. The molecule has 2 atom stereocenters. The molecule has 2 unspecified atom stereocenters.